The molecular weight excluding hydrogens is 1950 g/mol. The van der Waals surface area contributed by atoms with E-state index < -0.39 is 253 Å². The number of phenols is 1. The first-order chi connectivity index (χ1) is 71.4. The minimum atomic E-state index is -1.82. The van der Waals surface area contributed by atoms with Crippen LogP contribution >= 0.6 is 11.8 Å². The highest BCUT2D eigenvalue weighted by molar-refractivity contribution is 8.00. The summed E-state index contributed by atoms with van der Waals surface area (Å²) < 4.78 is 1.68. The molecule has 7 aromatic rings. The molecule has 4 bridgehead atoms. The highest BCUT2D eigenvalue weighted by atomic mass is 32.2. The number of fused-ring (bicyclic) bond motifs is 11. The fraction of sp³-hybridized carbons (Fsp3) is 0.481. The standard InChI is InChI=1S/C106H139N21O22S/c1-12-14-24-84-98(140)115-75(43-58(3)4)95(137)121-82(93(135)112-52-89(108)131)56-150-57-91(133)113-78(45-62-28-38-69(128)39-29-62)101(143)122(9)61(8)92(134)117-80(49-88(107)130)103(145)126-42-20-27-85(126)99(141)120-81(51-110-60(7)63-30-32-64(33-31-63)65-34-36-66(37-35-65)106(148)149)97(139)118-77(44-59(5)6)104(146)127-54-70(129)48-87(127)100(142)116-76(46-67-50-111-73-23-18-16-21-71(67)73)96(138)114-74-40-41-109-90(132)55-125-53-68(72-22-17-19-26-83(72)125)47-79(119-94(74)136)102(144)124(11)86(25-15-13-2)105(147)123(84)10/h16-19,21-23,26,28-39,50,53,58-59,61,70,74-82,84-87,110-111,128-129H,7,12-15,20,24-25,27,40-49,51-52,54-57H2,1-6,8-11H3,(H2,107,130)(H2,108,131)(H,109,132)(H,112,135)(H,113,133)(H,114,138)(H,115,140)(H,116,142)(H,117,134)(H,118,139)(H,119,136)(H,120,141)(H,121,137)(H,148,149)/t61-,70+,74-,75-,76-,77-,78-,79-,80-,81-,82-,84-,85-,86-,87-/m0/s1. The summed E-state index contributed by atoms with van der Waals surface area (Å²) in [6.45, 7) is 13.9. The van der Waals surface area contributed by atoms with Crippen LogP contribution in [0, 0.1) is 11.8 Å². The molecule has 4 aliphatic rings. The van der Waals surface area contributed by atoms with Gasteiger partial charge >= 0.3 is 5.97 Å². The molecule has 3 saturated heterocycles. The van der Waals surface area contributed by atoms with E-state index in [1.165, 1.54) is 74.3 Å². The first kappa shape index (κ1) is 115. The summed E-state index contributed by atoms with van der Waals surface area (Å²) >= 11 is 0.788. The number of hydrogen-bond donors (Lipinski definition) is 18. The van der Waals surface area contributed by atoms with Crippen molar-refractivity contribution >= 4 is 152 Å². The number of thioether (sulfide) groups is 1. The van der Waals surface area contributed by atoms with Gasteiger partial charge in [-0.2, -0.15) is 0 Å². The lowest BCUT2D eigenvalue weighted by Crippen LogP contribution is -2.62. The van der Waals surface area contributed by atoms with Crippen molar-refractivity contribution in [3.05, 3.63) is 168 Å². The van der Waals surface area contributed by atoms with Crippen LogP contribution < -0.4 is 75.3 Å². The largest absolute Gasteiger partial charge is 0.508 e. The van der Waals surface area contributed by atoms with Crippen molar-refractivity contribution in [1.29, 1.82) is 0 Å². The fourth-order valence-corrected chi connectivity index (χ4v) is 19.9. The van der Waals surface area contributed by atoms with Crippen LogP contribution in [0.2, 0.25) is 0 Å². The number of likely N-dealkylation sites (N-methyl/N-ethyl adjacent to an activating group) is 3. The number of phenolic OH excluding ortho intramolecular Hbond substituents is 1. The molecule has 15 atom stereocenters. The summed E-state index contributed by atoms with van der Waals surface area (Å²) in [5.74, 6) is -19.3. The second-order valence-corrected chi connectivity index (χ2v) is 40.6. The van der Waals surface area contributed by atoms with Gasteiger partial charge in [0.2, 0.25) is 106 Å². The smallest absolute Gasteiger partial charge is 0.335 e. The van der Waals surface area contributed by atoms with Gasteiger partial charge in [-0.15, -0.1) is 11.8 Å². The Morgan fingerprint density at radius 1 is 0.540 bits per heavy atom. The van der Waals surface area contributed by atoms with Crippen LogP contribution in [-0.4, -0.2) is 318 Å². The number of aromatic nitrogens is 2. The van der Waals surface area contributed by atoms with Gasteiger partial charge in [-0.1, -0.05) is 159 Å². The molecule has 0 unspecified atom stereocenters. The number of aromatic carboxylic acids is 1. The van der Waals surface area contributed by atoms with Crippen LogP contribution in [0.25, 0.3) is 38.6 Å². The Balaban J connectivity index is 0.977. The van der Waals surface area contributed by atoms with E-state index in [1.54, 1.807) is 130 Å². The third-order valence-corrected chi connectivity index (χ3v) is 28.4. The van der Waals surface area contributed by atoms with Crippen LogP contribution in [0.15, 0.2) is 140 Å². The fourth-order valence-electron chi connectivity index (χ4n) is 19.0. The molecule has 0 saturated carbocycles. The monoisotopic (exact) mass is 2090 g/mol. The van der Waals surface area contributed by atoms with Crippen LogP contribution in [0.3, 0.4) is 0 Å². The maximum absolute atomic E-state index is 16.1. The molecule has 4 aliphatic heterocycles. The molecule has 5 aromatic carbocycles. The topological polar surface area (TPSA) is 618 Å². The van der Waals surface area contributed by atoms with Crippen LogP contribution in [0.4, 0.5) is 0 Å². The number of carbonyl (C=O) groups is 19. The van der Waals surface area contributed by atoms with E-state index in [2.05, 4.69) is 75.4 Å². The number of amides is 18. The molecule has 43 nitrogen and oxygen atoms in total. The number of H-pyrrole nitrogens is 1. The summed E-state index contributed by atoms with van der Waals surface area (Å²) in [4.78, 5) is 289. The molecule has 0 spiro atoms. The number of benzene rings is 5. The zero-order valence-corrected chi connectivity index (χ0v) is 86.9. The maximum Gasteiger partial charge on any atom is 0.335 e. The molecule has 20 N–H and O–H groups in total. The number of nitrogens with two attached hydrogens (primary N) is 2. The number of carboxylic acid groups (broad SMARTS) is 1. The molecule has 44 heteroatoms. The Hall–Kier alpha value is -15.2. The Bertz CT molecular complexity index is 6110. The Morgan fingerprint density at radius 2 is 1.12 bits per heavy atom. The van der Waals surface area contributed by atoms with Crippen molar-refractivity contribution in [2.75, 3.05) is 65.4 Å². The lowest BCUT2D eigenvalue weighted by atomic mass is 9.99. The highest BCUT2D eigenvalue weighted by Crippen LogP contribution is 2.31. The van der Waals surface area contributed by atoms with Gasteiger partial charge in [-0.3, -0.25) is 86.3 Å². The van der Waals surface area contributed by atoms with Crippen molar-refractivity contribution in [1.82, 2.24) is 97.9 Å². The summed E-state index contributed by atoms with van der Waals surface area (Å²) in [6, 6.07) is 10.9. The SMILES string of the molecule is C=C(NC[C@@H]1NC(=O)[C@@H]2CCCN2C(=O)[C@H](CC(N)=O)NC(=O)[C@H](C)N(C)C(=O)[C@H](Cc2ccc(O)cc2)NC(=O)CSC[C@@H](C(=O)NCC(N)=O)NC(=O)[C@H](CC(C)C)NC(=O)[C@H](CCCC)N(C)C(=O)[C@H](CCCC)N(C)C(=O)[C@@H]2Cc3cn(c4ccccc34)CC(=O)NCC[C@H](NC(=O)[C@H](Cc3c[nH]c4ccccc34)NC(=O)[C@@H]3C[C@@H](O)CN3C(=O)[C@H](CC(C)C)NC1=O)C(=O)N2)c1ccc(-c2ccc(C(=O)O)cc2)cc1. The molecule has 2 aromatic heterocycles. The number of para-hydroxylation sites is 2. The van der Waals surface area contributed by atoms with Crippen molar-refractivity contribution < 1.29 is 106 Å². The molecule has 18 amide bonds. The molecule has 6 heterocycles. The van der Waals surface area contributed by atoms with E-state index in [9.17, 15) is 53.7 Å². The molecule has 11 rings (SSSR count). The van der Waals surface area contributed by atoms with E-state index in [0.717, 1.165) is 26.5 Å². The number of aromatic amines is 1. The number of aliphatic hydroxyl groups is 1. The van der Waals surface area contributed by atoms with Crippen molar-refractivity contribution in [3.63, 3.8) is 0 Å². The third kappa shape index (κ3) is 30.8. The average molecular weight is 2090 g/mol. The van der Waals surface area contributed by atoms with Gasteiger partial charge in [0.25, 0.3) is 0 Å². The van der Waals surface area contributed by atoms with E-state index in [1.807, 2.05) is 13.8 Å². The molecule has 0 aliphatic carbocycles. The van der Waals surface area contributed by atoms with Crippen LogP contribution in [0.1, 0.15) is 165 Å². The third-order valence-electron chi connectivity index (χ3n) is 27.4. The number of hydrogen-bond acceptors (Lipinski definition) is 23. The van der Waals surface area contributed by atoms with E-state index in [0.29, 0.717) is 80.9 Å². The normalized spacial score (nSPS) is 24.0. The molecular formula is C106H139N21O22S. The number of nitrogens with zero attached hydrogens (tertiary/aromatic N) is 6. The van der Waals surface area contributed by atoms with Gasteiger partial charge in [0.15, 0.2) is 0 Å². The summed E-state index contributed by atoms with van der Waals surface area (Å²) in [5, 5.41) is 66.0. The molecule has 3 fully saturated rings. The van der Waals surface area contributed by atoms with E-state index in [4.69, 9.17) is 11.5 Å². The number of carboxylic acids is 1. The van der Waals surface area contributed by atoms with Gasteiger partial charge in [0, 0.05) is 119 Å². The minimum Gasteiger partial charge on any atom is -0.508 e. The zero-order chi connectivity index (χ0) is 109. The molecule has 150 heavy (non-hydrogen) atoms. The van der Waals surface area contributed by atoms with Crippen LogP contribution in [-0.2, 0) is 112 Å². The molecule has 0 radical (unpaired) electrons. The first-order valence-electron chi connectivity index (χ1n) is 50.7. The predicted molar refractivity (Wildman–Crippen MR) is 558 cm³/mol. The summed E-state index contributed by atoms with van der Waals surface area (Å²) in [6.07, 6.45) is 1.02. The highest BCUT2D eigenvalue weighted by Gasteiger charge is 2.47. The van der Waals surface area contributed by atoms with Gasteiger partial charge < -0.3 is 125 Å². The van der Waals surface area contributed by atoms with E-state index >= 15 is 52.7 Å². The minimum absolute atomic E-state index is 0.00817. The van der Waals surface area contributed by atoms with Crippen LogP contribution in [0.5, 0.6) is 5.75 Å². The van der Waals surface area contributed by atoms with Gasteiger partial charge in [-0.25, -0.2) is 4.79 Å². The van der Waals surface area contributed by atoms with Crippen molar-refractivity contribution in [2.24, 2.45) is 23.3 Å². The molecule has 806 valence electrons. The number of carbonyl (C=O) groups excluding carboxylic acids is 18. The quantitative estimate of drug-likeness (QED) is 0.0386. The van der Waals surface area contributed by atoms with Crippen molar-refractivity contribution in [2.45, 2.75) is 248 Å². The lowest BCUT2D eigenvalue weighted by Gasteiger charge is -2.36. The lowest BCUT2D eigenvalue weighted by molar-refractivity contribution is -0.149. The second-order valence-electron chi connectivity index (χ2n) is 39.6. The first-order valence-corrected chi connectivity index (χ1v) is 51.8. The zero-order valence-electron chi connectivity index (χ0n) is 86.0. The Morgan fingerprint density at radius 3 is 1.77 bits per heavy atom. The Kier molecular flexibility index (Phi) is 41.1. The van der Waals surface area contributed by atoms with Gasteiger partial charge in [-0.05, 0) is 133 Å². The number of rotatable bonds is 25. The number of aromatic hydroxyl groups is 1. The number of aliphatic hydroxyl groups excluding tert-OH is 1. The van der Waals surface area contributed by atoms with Gasteiger partial charge in [0.1, 0.15) is 96.9 Å². The van der Waals surface area contributed by atoms with Gasteiger partial charge in [0.05, 0.1) is 30.4 Å². The van der Waals surface area contributed by atoms with Crippen molar-refractivity contribution in [3.8, 4) is 16.9 Å². The summed E-state index contributed by atoms with van der Waals surface area (Å²) in [7, 11) is 3.99. The number of unbranched alkanes of at least 4 members (excludes halogenated alkanes) is 2. The number of primary amides is 2. The maximum atomic E-state index is 16.1. The Labute approximate surface area is 873 Å². The average Bonchev–Trinajstić information content (AvgIpc) is 1.66. The second kappa shape index (κ2) is 53.6. The number of nitrogens with one attached hydrogen (secondary N) is 13. The summed E-state index contributed by atoms with van der Waals surface area (Å²) in [5.41, 5.74) is 16.0. The predicted octanol–water partition coefficient (Wildman–Crippen LogP) is 1.51. The van der Waals surface area contributed by atoms with E-state index in [-0.39, 0.29) is 107 Å².